The highest BCUT2D eigenvalue weighted by atomic mass is 16.5. The summed E-state index contributed by atoms with van der Waals surface area (Å²) < 4.78 is 11.6. The summed E-state index contributed by atoms with van der Waals surface area (Å²) >= 11 is 0. The molecule has 0 aliphatic carbocycles. The highest BCUT2D eigenvalue weighted by Crippen LogP contribution is 2.34. The Hall–Kier alpha value is -2.37. The van der Waals surface area contributed by atoms with E-state index in [0.717, 1.165) is 61.2 Å². The third-order valence-corrected chi connectivity index (χ3v) is 6.31. The van der Waals surface area contributed by atoms with Crippen molar-refractivity contribution in [1.29, 1.82) is 0 Å². The van der Waals surface area contributed by atoms with E-state index in [1.807, 2.05) is 24.3 Å². The molecule has 2 heterocycles. The van der Waals surface area contributed by atoms with Gasteiger partial charge in [0.2, 0.25) is 0 Å². The van der Waals surface area contributed by atoms with Gasteiger partial charge < -0.3 is 19.7 Å². The van der Waals surface area contributed by atoms with Crippen molar-refractivity contribution in [3.63, 3.8) is 0 Å². The number of ether oxygens (including phenoxy) is 2. The van der Waals surface area contributed by atoms with Crippen LogP contribution >= 0.6 is 0 Å². The van der Waals surface area contributed by atoms with Gasteiger partial charge in [0, 0.05) is 31.2 Å². The van der Waals surface area contributed by atoms with Gasteiger partial charge in [-0.05, 0) is 56.5 Å². The highest BCUT2D eigenvalue weighted by Gasteiger charge is 2.43. The van der Waals surface area contributed by atoms with Crippen LogP contribution < -0.4 is 10.1 Å². The Morgan fingerprint density at radius 1 is 1.23 bits per heavy atom. The second-order valence-corrected chi connectivity index (χ2v) is 8.60. The van der Waals surface area contributed by atoms with E-state index >= 15 is 0 Å². The topological polar surface area (TPSA) is 50.8 Å². The zero-order valence-corrected chi connectivity index (χ0v) is 18.0. The lowest BCUT2D eigenvalue weighted by molar-refractivity contribution is -0.142. The van der Waals surface area contributed by atoms with Crippen molar-refractivity contribution < 1.29 is 14.3 Å². The van der Waals surface area contributed by atoms with E-state index in [0.29, 0.717) is 13.0 Å². The van der Waals surface area contributed by atoms with Gasteiger partial charge in [0.05, 0.1) is 7.11 Å². The predicted molar refractivity (Wildman–Crippen MR) is 119 cm³/mol. The second-order valence-electron chi connectivity index (χ2n) is 8.60. The number of rotatable bonds is 6. The number of carbonyl (C=O) groups is 1. The average molecular weight is 409 g/mol. The molecular formula is C25H32N2O3. The van der Waals surface area contributed by atoms with E-state index in [2.05, 4.69) is 41.5 Å². The van der Waals surface area contributed by atoms with Crippen LogP contribution in [0.4, 0.5) is 0 Å². The molecule has 4 rings (SSSR count). The van der Waals surface area contributed by atoms with Gasteiger partial charge in [-0.15, -0.1) is 0 Å². The zero-order valence-electron chi connectivity index (χ0n) is 18.0. The molecule has 0 bridgehead atoms. The van der Waals surface area contributed by atoms with Crippen LogP contribution in [0.15, 0.2) is 48.5 Å². The lowest BCUT2D eigenvalue weighted by atomic mass is 9.88. The van der Waals surface area contributed by atoms with Gasteiger partial charge >= 0.3 is 0 Å². The maximum absolute atomic E-state index is 13.3. The number of nitrogens with zero attached hydrogens (tertiary/aromatic N) is 1. The fraction of sp³-hybridized carbons (Fsp3) is 0.480. The average Bonchev–Trinajstić information content (AvgIpc) is 3.24. The number of likely N-dealkylation sites (N-methyl/N-ethyl adjacent to an activating group) is 1. The number of likely N-dealkylation sites (tertiary alicyclic amines) is 1. The SMILES string of the molecule is COc1ccccc1-c1cccc(C[C@]2(C(=O)N[C@@H]3CCCN(C)C3)CCCO2)c1. The molecule has 1 amide bonds. The molecule has 2 atom stereocenters. The maximum Gasteiger partial charge on any atom is 0.252 e. The molecule has 1 N–H and O–H groups in total. The van der Waals surface area contributed by atoms with Gasteiger partial charge in [0.25, 0.3) is 5.91 Å². The second kappa shape index (κ2) is 9.19. The van der Waals surface area contributed by atoms with Crippen LogP contribution in [-0.2, 0) is 16.0 Å². The minimum Gasteiger partial charge on any atom is -0.496 e. The third-order valence-electron chi connectivity index (χ3n) is 6.31. The number of amides is 1. The minimum atomic E-state index is -0.768. The summed E-state index contributed by atoms with van der Waals surface area (Å²) in [6.07, 6.45) is 4.43. The molecule has 0 aromatic heterocycles. The Kier molecular flexibility index (Phi) is 6.40. The number of piperidine rings is 1. The maximum atomic E-state index is 13.3. The molecule has 0 unspecified atom stereocenters. The first-order valence-corrected chi connectivity index (χ1v) is 11.0. The van der Waals surface area contributed by atoms with Gasteiger partial charge in [-0.3, -0.25) is 4.79 Å². The molecule has 0 radical (unpaired) electrons. The number of benzene rings is 2. The lowest BCUT2D eigenvalue weighted by Crippen LogP contribution is -2.54. The predicted octanol–water partition coefficient (Wildman–Crippen LogP) is 3.66. The fourth-order valence-corrected chi connectivity index (χ4v) is 4.76. The van der Waals surface area contributed by atoms with Crippen molar-refractivity contribution in [2.24, 2.45) is 0 Å². The fourth-order valence-electron chi connectivity index (χ4n) is 4.76. The number of nitrogens with one attached hydrogen (secondary N) is 1. The van der Waals surface area contributed by atoms with E-state index in [4.69, 9.17) is 9.47 Å². The summed E-state index contributed by atoms with van der Waals surface area (Å²) in [7, 11) is 3.81. The van der Waals surface area contributed by atoms with Crippen LogP contribution in [0.1, 0.15) is 31.2 Å². The molecule has 0 spiro atoms. The molecule has 5 nitrogen and oxygen atoms in total. The highest BCUT2D eigenvalue weighted by molar-refractivity contribution is 5.86. The lowest BCUT2D eigenvalue weighted by Gasteiger charge is -2.34. The summed E-state index contributed by atoms with van der Waals surface area (Å²) in [6.45, 7) is 2.65. The van der Waals surface area contributed by atoms with E-state index in [9.17, 15) is 4.79 Å². The van der Waals surface area contributed by atoms with E-state index in [1.54, 1.807) is 7.11 Å². The molecule has 30 heavy (non-hydrogen) atoms. The normalized spacial score (nSPS) is 24.5. The Bertz CT molecular complexity index is 876. The van der Waals surface area contributed by atoms with Crippen molar-refractivity contribution in [1.82, 2.24) is 10.2 Å². The molecule has 160 valence electrons. The van der Waals surface area contributed by atoms with Crippen molar-refractivity contribution >= 4 is 5.91 Å². The molecule has 2 aliphatic heterocycles. The summed E-state index contributed by atoms with van der Waals surface area (Å²) in [5.41, 5.74) is 2.48. The smallest absolute Gasteiger partial charge is 0.252 e. The van der Waals surface area contributed by atoms with Gasteiger partial charge in [-0.1, -0.05) is 42.5 Å². The number of hydrogen-bond acceptors (Lipinski definition) is 4. The first-order chi connectivity index (χ1) is 14.6. The minimum absolute atomic E-state index is 0.0444. The Morgan fingerprint density at radius 2 is 2.10 bits per heavy atom. The number of para-hydroxylation sites is 1. The summed E-state index contributed by atoms with van der Waals surface area (Å²) in [5, 5.41) is 3.29. The van der Waals surface area contributed by atoms with E-state index in [1.165, 1.54) is 0 Å². The number of carbonyl (C=O) groups excluding carboxylic acids is 1. The van der Waals surface area contributed by atoms with Crippen LogP contribution in [0.25, 0.3) is 11.1 Å². The number of methoxy groups -OCH3 is 1. The van der Waals surface area contributed by atoms with Crippen molar-refractivity contribution in [2.45, 2.75) is 43.7 Å². The van der Waals surface area contributed by atoms with Crippen molar-refractivity contribution in [3.05, 3.63) is 54.1 Å². The van der Waals surface area contributed by atoms with Crippen LogP contribution in [0, 0.1) is 0 Å². The van der Waals surface area contributed by atoms with E-state index in [-0.39, 0.29) is 11.9 Å². The first kappa shape index (κ1) is 20.9. The Balaban J connectivity index is 1.54. The van der Waals surface area contributed by atoms with Crippen LogP contribution in [0.3, 0.4) is 0 Å². The Morgan fingerprint density at radius 3 is 2.87 bits per heavy atom. The van der Waals surface area contributed by atoms with Gasteiger partial charge in [-0.2, -0.15) is 0 Å². The van der Waals surface area contributed by atoms with Crippen molar-refractivity contribution in [2.75, 3.05) is 33.9 Å². The monoisotopic (exact) mass is 408 g/mol. The van der Waals surface area contributed by atoms with Crippen molar-refractivity contribution in [3.8, 4) is 16.9 Å². The van der Waals surface area contributed by atoms with Gasteiger partial charge in [0.1, 0.15) is 5.75 Å². The molecule has 0 saturated carbocycles. The summed E-state index contributed by atoms with van der Waals surface area (Å²) in [6, 6.07) is 16.6. The van der Waals surface area contributed by atoms with E-state index < -0.39 is 5.60 Å². The summed E-state index contributed by atoms with van der Waals surface area (Å²) in [4.78, 5) is 15.6. The number of hydrogen-bond donors (Lipinski definition) is 1. The first-order valence-electron chi connectivity index (χ1n) is 11.0. The van der Waals surface area contributed by atoms with Crippen LogP contribution in [0.2, 0.25) is 0 Å². The van der Waals surface area contributed by atoms with Crippen LogP contribution in [-0.4, -0.2) is 56.3 Å². The largest absolute Gasteiger partial charge is 0.496 e. The molecule has 2 aromatic rings. The molecule has 2 fully saturated rings. The third kappa shape index (κ3) is 4.52. The summed E-state index contributed by atoms with van der Waals surface area (Å²) in [5.74, 6) is 0.892. The molecule has 2 aliphatic rings. The zero-order chi connectivity index (χ0) is 21.0. The molecule has 2 aromatic carbocycles. The van der Waals surface area contributed by atoms with Gasteiger partial charge in [-0.25, -0.2) is 0 Å². The molecule has 5 heteroatoms. The Labute approximate surface area is 179 Å². The standard InChI is InChI=1S/C25H32N2O3/c1-27-14-6-10-21(18-27)26-24(28)25(13-7-15-30-25)17-19-8-5-9-20(16-19)22-11-3-4-12-23(22)29-2/h3-5,8-9,11-12,16,21H,6-7,10,13-15,17-18H2,1-2H3,(H,26,28)/t21-,25+/m1/s1. The van der Waals surface area contributed by atoms with Gasteiger partial charge in [0.15, 0.2) is 5.60 Å². The molecule has 2 saturated heterocycles. The van der Waals surface area contributed by atoms with Crippen LogP contribution in [0.5, 0.6) is 5.75 Å². The molecular weight excluding hydrogens is 376 g/mol. The quantitative estimate of drug-likeness (QED) is 0.793.